The number of nitrogens with one attached hydrogen (secondary N) is 3. The van der Waals surface area contributed by atoms with E-state index >= 15 is 0 Å². The highest BCUT2D eigenvalue weighted by Gasteiger charge is 2.45. The minimum atomic E-state index is -0.971. The average molecular weight is 1060 g/mol. The SMILES string of the molecule is CC(=O)c1c(C)c2cnc(Nc3ccc(N4CCN(CCOCCOCCOCC(=O)NC(C(=O)N5CC(O)CC5C(=O)NC(C)c5ccc(-c6scnc6C)cc5)C(C)(C)C)CC4)cn3)nc2n(C2CCCC2)c1=O. The van der Waals surface area contributed by atoms with Crippen LogP contribution >= 0.6 is 11.3 Å². The first-order chi connectivity index (χ1) is 36.5. The number of thiazole rings is 1. The molecule has 4 atom stereocenters. The van der Waals surface area contributed by atoms with E-state index in [0.717, 1.165) is 85.8 Å². The van der Waals surface area contributed by atoms with Crippen LogP contribution < -0.4 is 26.4 Å². The van der Waals surface area contributed by atoms with Gasteiger partial charge in [-0.05, 0) is 74.8 Å². The van der Waals surface area contributed by atoms with Crippen molar-refractivity contribution in [1.29, 1.82) is 0 Å². The van der Waals surface area contributed by atoms with Crippen LogP contribution in [-0.4, -0.2) is 160 Å². The van der Waals surface area contributed by atoms with Crippen molar-refractivity contribution in [2.24, 2.45) is 5.41 Å². The molecule has 0 radical (unpaired) electrons. The number of ketones is 1. The van der Waals surface area contributed by atoms with Gasteiger partial charge in [0.05, 0.1) is 78.7 Å². The maximum absolute atomic E-state index is 14.1. The monoisotopic (exact) mass is 1060 g/mol. The fourth-order valence-electron chi connectivity index (χ4n) is 10.3. The number of hydrogen-bond acceptors (Lipinski definition) is 17. The molecule has 3 aliphatic rings. The zero-order valence-electron chi connectivity index (χ0n) is 44.8. The minimum absolute atomic E-state index is 0.00292. The first-order valence-corrected chi connectivity index (χ1v) is 27.3. The molecular weight excluding hydrogens is 991 g/mol. The highest BCUT2D eigenvalue weighted by Crippen LogP contribution is 2.33. The van der Waals surface area contributed by atoms with E-state index < -0.39 is 35.4 Å². The number of benzene rings is 1. The normalized spacial score (nSPS) is 18.3. The Morgan fingerprint density at radius 1 is 0.868 bits per heavy atom. The Morgan fingerprint density at radius 2 is 1.57 bits per heavy atom. The van der Waals surface area contributed by atoms with Crippen molar-refractivity contribution in [2.45, 2.75) is 111 Å². The van der Waals surface area contributed by atoms with Crippen molar-refractivity contribution in [2.75, 3.05) is 89.1 Å². The number of pyridine rings is 2. The van der Waals surface area contributed by atoms with E-state index in [0.29, 0.717) is 48.2 Å². The number of aryl methyl sites for hydroxylation is 2. The van der Waals surface area contributed by atoms with Gasteiger partial charge in [-0.1, -0.05) is 57.9 Å². The van der Waals surface area contributed by atoms with Crippen LogP contribution in [0.1, 0.15) is 106 Å². The number of amides is 3. The molecule has 21 heteroatoms. The number of Topliss-reactive ketones (excluding diaryl/α,β-unsaturated/α-hetero) is 1. The number of carbonyl (C=O) groups excluding carboxylic acids is 4. The van der Waals surface area contributed by atoms with Crippen molar-refractivity contribution >= 4 is 63.3 Å². The number of ether oxygens (including phenoxy) is 3. The summed E-state index contributed by atoms with van der Waals surface area (Å²) >= 11 is 1.57. The maximum Gasteiger partial charge on any atom is 0.263 e. The van der Waals surface area contributed by atoms with E-state index in [-0.39, 0.29) is 67.7 Å². The Bertz CT molecular complexity index is 2880. The van der Waals surface area contributed by atoms with Crippen molar-refractivity contribution < 1.29 is 38.5 Å². The van der Waals surface area contributed by atoms with Crippen LogP contribution in [0.25, 0.3) is 21.5 Å². The molecule has 76 heavy (non-hydrogen) atoms. The van der Waals surface area contributed by atoms with Crippen LogP contribution in [0.3, 0.4) is 0 Å². The highest BCUT2D eigenvalue weighted by molar-refractivity contribution is 7.13. The van der Waals surface area contributed by atoms with Crippen LogP contribution in [-0.2, 0) is 28.6 Å². The van der Waals surface area contributed by atoms with Gasteiger partial charge >= 0.3 is 0 Å². The molecule has 408 valence electrons. The van der Waals surface area contributed by atoms with Crippen molar-refractivity contribution in [3.8, 4) is 10.4 Å². The van der Waals surface area contributed by atoms with Crippen molar-refractivity contribution in [3.05, 3.63) is 87.0 Å². The number of nitrogens with zero attached hydrogens (tertiary/aromatic N) is 8. The fraction of sp³-hybridized carbons (Fsp3) is 0.545. The van der Waals surface area contributed by atoms with Crippen molar-refractivity contribution in [3.63, 3.8) is 0 Å². The molecule has 6 heterocycles. The predicted octanol–water partition coefficient (Wildman–Crippen LogP) is 5.53. The molecule has 2 saturated heterocycles. The van der Waals surface area contributed by atoms with Crippen LogP contribution in [0, 0.1) is 19.3 Å². The molecule has 1 aromatic carbocycles. The number of aliphatic hydroxyl groups is 1. The molecule has 4 unspecified atom stereocenters. The number of aromatic nitrogens is 5. The summed E-state index contributed by atoms with van der Waals surface area (Å²) in [6.45, 7) is 18.2. The smallest absolute Gasteiger partial charge is 0.263 e. The molecule has 20 nitrogen and oxygen atoms in total. The van der Waals surface area contributed by atoms with Crippen LogP contribution in [0.5, 0.6) is 0 Å². The van der Waals surface area contributed by atoms with Gasteiger partial charge in [-0.3, -0.25) is 33.4 Å². The molecule has 3 amide bonds. The van der Waals surface area contributed by atoms with Crippen molar-refractivity contribution in [1.82, 2.24) is 44.9 Å². The fourth-order valence-corrected chi connectivity index (χ4v) is 11.1. The van der Waals surface area contributed by atoms with E-state index in [1.54, 1.807) is 29.0 Å². The topological polar surface area (TPSA) is 236 Å². The number of fused-ring (bicyclic) bond motifs is 1. The number of aliphatic hydroxyl groups excluding tert-OH is 1. The van der Waals surface area contributed by atoms with Gasteiger partial charge in [0.2, 0.25) is 23.7 Å². The zero-order valence-corrected chi connectivity index (χ0v) is 45.6. The third kappa shape index (κ3) is 13.7. The lowest BCUT2D eigenvalue weighted by Crippen LogP contribution is -2.58. The van der Waals surface area contributed by atoms with Gasteiger partial charge in [0.25, 0.3) is 5.56 Å². The molecule has 3 fully saturated rings. The van der Waals surface area contributed by atoms with E-state index in [1.165, 1.54) is 11.8 Å². The molecule has 4 aromatic heterocycles. The van der Waals surface area contributed by atoms with Gasteiger partial charge in [-0.2, -0.15) is 4.98 Å². The van der Waals surface area contributed by atoms with Crippen LogP contribution in [0.2, 0.25) is 0 Å². The summed E-state index contributed by atoms with van der Waals surface area (Å²) in [5.41, 5.74) is 6.08. The summed E-state index contributed by atoms with van der Waals surface area (Å²) < 4.78 is 18.8. The second kappa shape index (κ2) is 25.3. The number of hydrogen-bond donors (Lipinski definition) is 4. The molecule has 1 saturated carbocycles. The van der Waals surface area contributed by atoms with Gasteiger partial charge in [-0.25, -0.2) is 15.0 Å². The second-order valence-electron chi connectivity index (χ2n) is 21.1. The lowest BCUT2D eigenvalue weighted by atomic mass is 9.85. The Morgan fingerprint density at radius 3 is 2.21 bits per heavy atom. The van der Waals surface area contributed by atoms with Gasteiger partial charge in [0.15, 0.2) is 5.78 Å². The molecule has 1 aliphatic carbocycles. The Labute approximate surface area is 447 Å². The molecule has 4 N–H and O–H groups in total. The van der Waals surface area contributed by atoms with Crippen LogP contribution in [0.4, 0.5) is 17.5 Å². The van der Waals surface area contributed by atoms with Gasteiger partial charge < -0.3 is 45.1 Å². The summed E-state index contributed by atoms with van der Waals surface area (Å²) in [7, 11) is 0. The standard InChI is InChI=1S/C55H73N11O9S/c1-34-43-30-57-54(62-50(43)66(40-10-8-9-11-40)52(71)47(34)37(4)67)60-45-17-16-41(29-56-45)64-20-18-63(19-21-64)22-23-73-24-25-74-26-27-75-32-46(69)61-49(55(5,6)7)53(72)65-31-42(68)28-44(65)51(70)59-35(2)38-12-14-39(15-13-38)48-36(3)58-33-76-48/h12-17,29-30,33,35,40,42,44,49,68H,8-11,18-28,31-32H2,1-7H3,(H,59,70)(H,61,69)(H,56,57,60,62). The van der Waals surface area contributed by atoms with Gasteiger partial charge in [0, 0.05) is 63.3 Å². The number of likely N-dealkylation sites (tertiary alicyclic amines) is 1. The Hall–Kier alpha value is -6.23. The predicted molar refractivity (Wildman–Crippen MR) is 291 cm³/mol. The number of anilines is 3. The number of rotatable bonds is 22. The molecule has 8 rings (SSSR count). The Kier molecular flexibility index (Phi) is 18.6. The largest absolute Gasteiger partial charge is 0.391 e. The van der Waals surface area contributed by atoms with E-state index in [2.05, 4.69) is 40.7 Å². The van der Waals surface area contributed by atoms with E-state index in [4.69, 9.17) is 19.2 Å². The quantitative estimate of drug-likeness (QED) is 0.0493. The molecule has 2 aliphatic heterocycles. The summed E-state index contributed by atoms with van der Waals surface area (Å²) in [6.07, 6.45) is 6.53. The maximum atomic E-state index is 14.1. The third-order valence-electron chi connectivity index (χ3n) is 14.6. The first kappa shape index (κ1) is 56.0. The third-order valence-corrected chi connectivity index (χ3v) is 15.5. The Balaban J connectivity index is 0.697. The second-order valence-corrected chi connectivity index (χ2v) is 22.0. The van der Waals surface area contributed by atoms with E-state index in [9.17, 15) is 29.1 Å². The first-order valence-electron chi connectivity index (χ1n) is 26.4. The molecular formula is C55H73N11O9S. The summed E-state index contributed by atoms with van der Waals surface area (Å²) in [5, 5.41) is 20.4. The average Bonchev–Trinajstić information content (AvgIpc) is 4.18. The molecule has 0 bridgehead atoms. The summed E-state index contributed by atoms with van der Waals surface area (Å²) in [6, 6.07) is 9.62. The van der Waals surface area contributed by atoms with E-state index in [1.807, 2.05) is 82.7 Å². The van der Waals surface area contributed by atoms with Gasteiger partial charge in [0.1, 0.15) is 30.2 Å². The number of β-amino-alcohol motifs (C(OH)–C–C–N with tert-alkyl or cyclic N) is 1. The lowest BCUT2D eigenvalue weighted by Gasteiger charge is -2.35. The van der Waals surface area contributed by atoms with Crippen LogP contribution in [0.15, 0.2) is 59.1 Å². The molecule has 0 spiro atoms. The number of carbonyl (C=O) groups is 4. The molecule has 5 aromatic rings. The minimum Gasteiger partial charge on any atom is -0.391 e. The van der Waals surface area contributed by atoms with Gasteiger partial charge in [-0.15, -0.1) is 11.3 Å². The summed E-state index contributed by atoms with van der Waals surface area (Å²) in [5.74, 6) is -0.633. The lowest BCUT2D eigenvalue weighted by molar-refractivity contribution is -0.144. The zero-order chi connectivity index (χ0) is 54.1. The number of piperazine rings is 1. The highest BCUT2D eigenvalue weighted by atomic mass is 32.1. The summed E-state index contributed by atoms with van der Waals surface area (Å²) in [4.78, 5) is 92.3.